The maximum atomic E-state index is 2.38. The molecule has 0 saturated heterocycles. The SMILES string of the molecule is C1=CC(N(c2ccc(N(c3ccc(N(c4ccccc4)c4ccc5ccccc5c4)cc3)c3ccc(N(c4ccccc4)c4ccc5ccccc5c4)cc3)cc2)c2ccc3ccccc3c2)=CCC1. The van der Waals surface area contributed by atoms with E-state index in [1.165, 1.54) is 38.0 Å². The average Bonchev–Trinajstić information content (AvgIpc) is 3.43. The molecule has 70 heavy (non-hydrogen) atoms. The first-order chi connectivity index (χ1) is 34.7. The monoisotopic (exact) mass is 898 g/mol. The van der Waals surface area contributed by atoms with E-state index in [2.05, 4.69) is 299 Å². The lowest BCUT2D eigenvalue weighted by atomic mass is 10.1. The normalized spacial score (nSPS) is 12.2. The van der Waals surface area contributed by atoms with E-state index in [-0.39, 0.29) is 0 Å². The van der Waals surface area contributed by atoms with Crippen LogP contribution in [0.5, 0.6) is 0 Å². The van der Waals surface area contributed by atoms with Crippen LogP contribution >= 0.6 is 0 Å². The number of rotatable bonds is 12. The molecule has 4 nitrogen and oxygen atoms in total. The van der Waals surface area contributed by atoms with Gasteiger partial charge in [-0.25, -0.2) is 0 Å². The summed E-state index contributed by atoms with van der Waals surface area (Å²) in [7, 11) is 0. The van der Waals surface area contributed by atoms with Crippen LogP contribution in [0.3, 0.4) is 0 Å². The fraction of sp³-hybridized carbons (Fsp3) is 0.0303. The van der Waals surface area contributed by atoms with Crippen LogP contribution < -0.4 is 19.6 Å². The molecule has 0 aliphatic heterocycles. The summed E-state index contributed by atoms with van der Waals surface area (Å²) >= 11 is 0. The molecule has 11 aromatic carbocycles. The highest BCUT2D eigenvalue weighted by molar-refractivity contribution is 5.92. The lowest BCUT2D eigenvalue weighted by Crippen LogP contribution is -2.17. The molecule has 0 fully saturated rings. The lowest BCUT2D eigenvalue weighted by Gasteiger charge is -2.31. The molecule has 0 atom stereocenters. The van der Waals surface area contributed by atoms with Gasteiger partial charge in [0.05, 0.1) is 0 Å². The number of hydrogen-bond acceptors (Lipinski definition) is 4. The van der Waals surface area contributed by atoms with Crippen molar-refractivity contribution in [2.75, 3.05) is 19.6 Å². The second-order valence-electron chi connectivity index (χ2n) is 17.8. The number of nitrogens with zero attached hydrogens (tertiary/aromatic N) is 4. The van der Waals surface area contributed by atoms with Gasteiger partial charge in [0.1, 0.15) is 0 Å². The van der Waals surface area contributed by atoms with Crippen LogP contribution in [0.25, 0.3) is 32.3 Å². The zero-order valence-corrected chi connectivity index (χ0v) is 38.8. The van der Waals surface area contributed by atoms with E-state index < -0.39 is 0 Å². The van der Waals surface area contributed by atoms with Crippen molar-refractivity contribution in [3.8, 4) is 0 Å². The summed E-state index contributed by atoms with van der Waals surface area (Å²) in [5.74, 6) is 0. The Bertz CT molecular complexity index is 3490. The Balaban J connectivity index is 0.958. The summed E-state index contributed by atoms with van der Waals surface area (Å²) in [5.41, 5.74) is 13.1. The summed E-state index contributed by atoms with van der Waals surface area (Å²) in [6.45, 7) is 0. The first-order valence-electron chi connectivity index (χ1n) is 24.1. The number of benzene rings is 11. The fourth-order valence-corrected chi connectivity index (χ4v) is 9.91. The smallest absolute Gasteiger partial charge is 0.0468 e. The summed E-state index contributed by atoms with van der Waals surface area (Å²) in [6.07, 6.45) is 8.96. The van der Waals surface area contributed by atoms with E-state index in [9.17, 15) is 0 Å². The van der Waals surface area contributed by atoms with Crippen molar-refractivity contribution in [2.24, 2.45) is 0 Å². The zero-order chi connectivity index (χ0) is 46.6. The maximum Gasteiger partial charge on any atom is 0.0468 e. The third-order valence-corrected chi connectivity index (χ3v) is 13.3. The molecule has 4 heteroatoms. The minimum atomic E-state index is 1.01. The van der Waals surface area contributed by atoms with Crippen LogP contribution in [0, 0.1) is 0 Å². The molecular weight excluding hydrogens is 849 g/mol. The van der Waals surface area contributed by atoms with Gasteiger partial charge >= 0.3 is 0 Å². The zero-order valence-electron chi connectivity index (χ0n) is 38.8. The third kappa shape index (κ3) is 8.44. The van der Waals surface area contributed by atoms with Gasteiger partial charge in [0.15, 0.2) is 0 Å². The summed E-state index contributed by atoms with van der Waals surface area (Å²) < 4.78 is 0. The minimum Gasteiger partial charge on any atom is -0.311 e. The quantitative estimate of drug-likeness (QED) is 0.121. The molecule has 0 saturated carbocycles. The second-order valence-corrected chi connectivity index (χ2v) is 17.8. The van der Waals surface area contributed by atoms with Crippen molar-refractivity contribution >= 4 is 94.9 Å². The Morgan fingerprint density at radius 2 is 0.486 bits per heavy atom. The van der Waals surface area contributed by atoms with Gasteiger partial charge in [-0.15, -0.1) is 0 Å². The van der Waals surface area contributed by atoms with Crippen molar-refractivity contribution in [1.29, 1.82) is 0 Å². The highest BCUT2D eigenvalue weighted by Gasteiger charge is 2.21. The highest BCUT2D eigenvalue weighted by atomic mass is 15.2. The van der Waals surface area contributed by atoms with Gasteiger partial charge in [-0.3, -0.25) is 0 Å². The Hall–Kier alpha value is -9.12. The van der Waals surface area contributed by atoms with Crippen LogP contribution in [-0.4, -0.2) is 0 Å². The van der Waals surface area contributed by atoms with E-state index in [4.69, 9.17) is 0 Å². The predicted molar refractivity (Wildman–Crippen MR) is 298 cm³/mol. The second kappa shape index (κ2) is 18.9. The maximum absolute atomic E-state index is 2.38. The molecule has 0 spiro atoms. The molecule has 0 radical (unpaired) electrons. The van der Waals surface area contributed by atoms with Crippen molar-refractivity contribution < 1.29 is 0 Å². The minimum absolute atomic E-state index is 1.01. The molecule has 0 unspecified atom stereocenters. The summed E-state index contributed by atoms with van der Waals surface area (Å²) in [5, 5.41) is 7.31. The number of fused-ring (bicyclic) bond motifs is 3. The lowest BCUT2D eigenvalue weighted by molar-refractivity contribution is 0.997. The Labute approximate surface area is 410 Å². The van der Waals surface area contributed by atoms with Crippen molar-refractivity contribution in [2.45, 2.75) is 12.8 Å². The predicted octanol–water partition coefficient (Wildman–Crippen LogP) is 18.9. The van der Waals surface area contributed by atoms with Crippen LogP contribution in [0.15, 0.2) is 285 Å². The Morgan fingerprint density at radius 1 is 0.214 bits per heavy atom. The topological polar surface area (TPSA) is 13.0 Å². The number of hydrogen-bond donors (Lipinski definition) is 0. The number of para-hydroxylation sites is 2. The van der Waals surface area contributed by atoms with Gasteiger partial charge in [0.2, 0.25) is 0 Å². The summed E-state index contributed by atoms with van der Waals surface area (Å²) in [6, 6.07) is 94.2. The van der Waals surface area contributed by atoms with Crippen molar-refractivity contribution in [1.82, 2.24) is 0 Å². The molecule has 11 aromatic rings. The molecule has 12 rings (SSSR count). The van der Waals surface area contributed by atoms with Crippen LogP contribution in [0.1, 0.15) is 12.8 Å². The van der Waals surface area contributed by atoms with Crippen molar-refractivity contribution in [3.05, 3.63) is 285 Å². The van der Waals surface area contributed by atoms with E-state index in [0.29, 0.717) is 0 Å². The molecule has 0 heterocycles. The molecule has 0 amide bonds. The number of anilines is 11. The van der Waals surface area contributed by atoms with E-state index in [0.717, 1.165) is 75.4 Å². The molecular formula is C66H50N4. The van der Waals surface area contributed by atoms with Gasteiger partial charge in [0, 0.05) is 68.3 Å². The first kappa shape index (κ1) is 42.2. The summed E-state index contributed by atoms with van der Waals surface area (Å²) in [4.78, 5) is 9.43. The van der Waals surface area contributed by atoms with Gasteiger partial charge in [-0.05, 0) is 185 Å². The highest BCUT2D eigenvalue weighted by Crippen LogP contribution is 2.43. The molecule has 0 aromatic heterocycles. The fourth-order valence-electron chi connectivity index (χ4n) is 9.91. The van der Waals surface area contributed by atoms with Gasteiger partial charge in [-0.2, -0.15) is 0 Å². The molecule has 0 N–H and O–H groups in total. The van der Waals surface area contributed by atoms with E-state index >= 15 is 0 Å². The van der Waals surface area contributed by atoms with E-state index in [1.807, 2.05) is 0 Å². The van der Waals surface area contributed by atoms with Crippen molar-refractivity contribution in [3.63, 3.8) is 0 Å². The van der Waals surface area contributed by atoms with Crippen LogP contribution in [0.4, 0.5) is 62.6 Å². The molecule has 1 aliphatic rings. The molecule has 0 bridgehead atoms. The van der Waals surface area contributed by atoms with Gasteiger partial charge in [-0.1, -0.05) is 140 Å². The van der Waals surface area contributed by atoms with E-state index in [1.54, 1.807) is 0 Å². The first-order valence-corrected chi connectivity index (χ1v) is 24.1. The largest absolute Gasteiger partial charge is 0.311 e. The van der Waals surface area contributed by atoms with Crippen LogP contribution in [0.2, 0.25) is 0 Å². The van der Waals surface area contributed by atoms with Gasteiger partial charge in [0.25, 0.3) is 0 Å². The number of allylic oxidation sites excluding steroid dienone is 3. The Morgan fingerprint density at radius 3 is 0.829 bits per heavy atom. The standard InChI is InChI=1S/C66H50N4/c1-4-22-55(23-5-1)68(64-31-28-49-16-10-13-19-52(49)46-64)61-40-34-58(35-41-61)67(59-36-42-62(43-37-59)69(56-24-6-2-7-25-56)65-32-29-50-17-11-14-20-53(50)47-65)60-38-44-63(45-39-60)70(57-26-8-3-9-27-57)66-33-30-51-18-12-15-21-54(51)48-66/h1-2,4-8,10-48H,3,9H2. The van der Waals surface area contributed by atoms with Crippen LogP contribution in [-0.2, 0) is 0 Å². The Kier molecular flexibility index (Phi) is 11.4. The van der Waals surface area contributed by atoms with Gasteiger partial charge < -0.3 is 19.6 Å². The average molecular weight is 899 g/mol. The molecule has 334 valence electrons. The molecule has 1 aliphatic carbocycles. The third-order valence-electron chi connectivity index (χ3n) is 13.3.